The van der Waals surface area contributed by atoms with Crippen molar-refractivity contribution in [3.05, 3.63) is 35.9 Å². The Morgan fingerprint density at radius 2 is 2.24 bits per heavy atom. The number of hydrogen-bond donors (Lipinski definition) is 1. The highest BCUT2D eigenvalue weighted by Gasteiger charge is 2.24. The maximum atomic E-state index is 12.2. The molecule has 5 heteroatoms. The lowest BCUT2D eigenvalue weighted by atomic mass is 10.1. The van der Waals surface area contributed by atoms with Crippen molar-refractivity contribution in [2.24, 2.45) is 0 Å². The summed E-state index contributed by atoms with van der Waals surface area (Å²) in [6.45, 7) is 4.77. The van der Waals surface area contributed by atoms with Gasteiger partial charge >= 0.3 is 6.03 Å². The van der Waals surface area contributed by atoms with Gasteiger partial charge in [0.2, 0.25) is 0 Å². The molecule has 1 fully saturated rings. The summed E-state index contributed by atoms with van der Waals surface area (Å²) in [7, 11) is 0. The Balaban J connectivity index is 1.81. The molecule has 1 aliphatic rings. The van der Waals surface area contributed by atoms with E-state index in [1.807, 2.05) is 23.1 Å². The minimum absolute atomic E-state index is 0.0252. The average Bonchev–Trinajstić information content (AvgIpc) is 2.53. The minimum Gasteiger partial charge on any atom is -0.374 e. The molecule has 0 spiro atoms. The Bertz CT molecular complexity index is 441. The highest BCUT2D eigenvalue weighted by Crippen LogP contribution is 2.12. The van der Waals surface area contributed by atoms with Crippen molar-refractivity contribution in [1.82, 2.24) is 10.2 Å². The van der Waals surface area contributed by atoms with Crippen LogP contribution in [0.5, 0.6) is 0 Å². The standard InChI is InChI=1S/C16H24N2O2S/c1-13(21-2)11-17-16(19)18-8-9-20-15(12-18)10-14-6-4-3-5-7-14/h3-7,13,15H,8-12H2,1-2H3,(H,17,19)/t13-,15+/m1/s1. The summed E-state index contributed by atoms with van der Waals surface area (Å²) >= 11 is 1.76. The molecule has 0 unspecified atom stereocenters. The van der Waals surface area contributed by atoms with E-state index in [4.69, 9.17) is 4.74 Å². The van der Waals surface area contributed by atoms with Crippen LogP contribution in [-0.4, -0.2) is 54.8 Å². The predicted octanol–water partition coefficient (Wildman–Crippen LogP) is 2.39. The first-order valence-corrected chi connectivity index (χ1v) is 8.69. The lowest BCUT2D eigenvalue weighted by molar-refractivity contribution is -0.0132. The molecular formula is C16H24N2O2S. The summed E-state index contributed by atoms with van der Waals surface area (Å²) in [6, 6.07) is 10.3. The number of nitrogens with zero attached hydrogens (tertiary/aromatic N) is 1. The Morgan fingerprint density at radius 3 is 2.95 bits per heavy atom. The zero-order valence-corrected chi connectivity index (χ0v) is 13.6. The number of carbonyl (C=O) groups excluding carboxylic acids is 1. The van der Waals surface area contributed by atoms with Gasteiger partial charge in [-0.05, 0) is 11.8 Å². The molecule has 4 nitrogen and oxygen atoms in total. The van der Waals surface area contributed by atoms with E-state index in [1.54, 1.807) is 11.8 Å². The number of hydrogen-bond acceptors (Lipinski definition) is 3. The molecule has 0 aromatic heterocycles. The van der Waals surface area contributed by atoms with Crippen molar-refractivity contribution in [2.75, 3.05) is 32.5 Å². The van der Waals surface area contributed by atoms with Gasteiger partial charge in [-0.15, -0.1) is 0 Å². The smallest absolute Gasteiger partial charge is 0.317 e. The van der Waals surface area contributed by atoms with Crippen molar-refractivity contribution in [3.8, 4) is 0 Å². The van der Waals surface area contributed by atoms with E-state index in [9.17, 15) is 4.79 Å². The van der Waals surface area contributed by atoms with Gasteiger partial charge in [-0.1, -0.05) is 37.3 Å². The maximum Gasteiger partial charge on any atom is 0.317 e. The topological polar surface area (TPSA) is 41.6 Å². The minimum atomic E-state index is 0.0252. The third-order valence-corrected chi connectivity index (χ3v) is 4.65. The summed E-state index contributed by atoms with van der Waals surface area (Å²) in [4.78, 5) is 14.0. The first-order valence-electron chi connectivity index (χ1n) is 7.40. The molecule has 1 saturated heterocycles. The van der Waals surface area contributed by atoms with E-state index in [2.05, 4.69) is 30.6 Å². The van der Waals surface area contributed by atoms with Crippen molar-refractivity contribution in [1.29, 1.82) is 0 Å². The summed E-state index contributed by atoms with van der Waals surface area (Å²) in [5, 5.41) is 3.44. The fraction of sp³-hybridized carbons (Fsp3) is 0.562. The van der Waals surface area contributed by atoms with Gasteiger partial charge in [0.05, 0.1) is 12.7 Å². The van der Waals surface area contributed by atoms with Crippen LogP contribution in [0.15, 0.2) is 30.3 Å². The van der Waals surface area contributed by atoms with E-state index in [0.717, 1.165) is 6.42 Å². The van der Waals surface area contributed by atoms with Gasteiger partial charge in [0, 0.05) is 31.3 Å². The van der Waals surface area contributed by atoms with Gasteiger partial charge in [-0.3, -0.25) is 0 Å². The number of ether oxygens (including phenoxy) is 1. The van der Waals surface area contributed by atoms with Crippen LogP contribution in [-0.2, 0) is 11.2 Å². The zero-order valence-electron chi connectivity index (χ0n) is 12.7. The maximum absolute atomic E-state index is 12.2. The molecule has 1 aromatic rings. The molecule has 2 rings (SSSR count). The van der Waals surface area contributed by atoms with Crippen LogP contribution in [0.3, 0.4) is 0 Å². The molecule has 1 heterocycles. The number of thioether (sulfide) groups is 1. The summed E-state index contributed by atoms with van der Waals surface area (Å²) in [5.74, 6) is 0. The second-order valence-electron chi connectivity index (χ2n) is 5.36. The Labute approximate surface area is 131 Å². The number of urea groups is 1. The fourth-order valence-corrected chi connectivity index (χ4v) is 2.58. The van der Waals surface area contributed by atoms with E-state index >= 15 is 0 Å². The molecule has 1 aromatic carbocycles. The van der Waals surface area contributed by atoms with Crippen LogP contribution in [0.4, 0.5) is 4.79 Å². The molecule has 116 valence electrons. The number of morpholine rings is 1. The number of amides is 2. The van der Waals surface area contributed by atoms with E-state index < -0.39 is 0 Å². The van der Waals surface area contributed by atoms with E-state index in [1.165, 1.54) is 5.56 Å². The molecular weight excluding hydrogens is 284 g/mol. The van der Waals surface area contributed by atoms with Crippen LogP contribution in [0.2, 0.25) is 0 Å². The normalized spacial score (nSPS) is 20.1. The first-order chi connectivity index (χ1) is 10.2. The molecule has 1 aliphatic heterocycles. The third kappa shape index (κ3) is 5.25. The zero-order chi connectivity index (χ0) is 15.1. The van der Waals surface area contributed by atoms with Crippen molar-refractivity contribution in [2.45, 2.75) is 24.7 Å². The van der Waals surface area contributed by atoms with Gasteiger partial charge in [0.1, 0.15) is 0 Å². The molecule has 2 atom stereocenters. The molecule has 0 radical (unpaired) electrons. The third-order valence-electron chi connectivity index (χ3n) is 3.68. The van der Waals surface area contributed by atoms with Crippen molar-refractivity contribution < 1.29 is 9.53 Å². The number of rotatable bonds is 5. The van der Waals surface area contributed by atoms with Crippen LogP contribution >= 0.6 is 11.8 Å². The summed E-state index contributed by atoms with van der Waals surface area (Å²) in [5.41, 5.74) is 1.25. The lowest BCUT2D eigenvalue weighted by Gasteiger charge is -2.33. The second kappa shape index (κ2) is 8.29. The number of carbonyl (C=O) groups is 1. The van der Waals surface area contributed by atoms with Gasteiger partial charge in [0.15, 0.2) is 0 Å². The molecule has 21 heavy (non-hydrogen) atoms. The van der Waals surface area contributed by atoms with Crippen molar-refractivity contribution in [3.63, 3.8) is 0 Å². The monoisotopic (exact) mass is 308 g/mol. The number of nitrogens with one attached hydrogen (secondary N) is 1. The van der Waals surface area contributed by atoms with Crippen LogP contribution in [0, 0.1) is 0 Å². The SMILES string of the molecule is CS[C@H](C)CNC(=O)N1CCO[C@@H](Cc2ccccc2)C1. The fourth-order valence-electron chi connectivity index (χ4n) is 2.33. The van der Waals surface area contributed by atoms with Gasteiger partial charge in [-0.2, -0.15) is 11.8 Å². The Morgan fingerprint density at radius 1 is 1.48 bits per heavy atom. The highest BCUT2D eigenvalue weighted by atomic mass is 32.2. The molecule has 0 aliphatic carbocycles. The van der Waals surface area contributed by atoms with E-state index in [0.29, 0.717) is 31.5 Å². The Hall–Kier alpha value is -1.20. The van der Waals surface area contributed by atoms with Gasteiger partial charge < -0.3 is 15.0 Å². The van der Waals surface area contributed by atoms with Crippen molar-refractivity contribution >= 4 is 17.8 Å². The molecule has 2 amide bonds. The summed E-state index contributed by atoms with van der Waals surface area (Å²) < 4.78 is 5.78. The van der Waals surface area contributed by atoms with E-state index in [-0.39, 0.29) is 12.1 Å². The van der Waals surface area contributed by atoms with Crippen LogP contribution < -0.4 is 5.32 Å². The molecule has 1 N–H and O–H groups in total. The second-order valence-corrected chi connectivity index (χ2v) is 6.64. The van der Waals surface area contributed by atoms with Gasteiger partial charge in [-0.25, -0.2) is 4.79 Å². The first kappa shape index (κ1) is 16.2. The summed E-state index contributed by atoms with van der Waals surface area (Å²) in [6.07, 6.45) is 3.00. The van der Waals surface area contributed by atoms with Crippen LogP contribution in [0.25, 0.3) is 0 Å². The lowest BCUT2D eigenvalue weighted by Crippen LogP contribution is -2.50. The predicted molar refractivity (Wildman–Crippen MR) is 87.8 cm³/mol. The number of benzene rings is 1. The molecule has 0 saturated carbocycles. The highest BCUT2D eigenvalue weighted by molar-refractivity contribution is 7.99. The molecule has 0 bridgehead atoms. The Kier molecular flexibility index (Phi) is 6.39. The quantitative estimate of drug-likeness (QED) is 0.908. The largest absolute Gasteiger partial charge is 0.374 e. The van der Waals surface area contributed by atoms with Gasteiger partial charge in [0.25, 0.3) is 0 Å². The van der Waals surface area contributed by atoms with Crippen LogP contribution in [0.1, 0.15) is 12.5 Å². The average molecular weight is 308 g/mol.